The van der Waals surface area contributed by atoms with Crippen molar-refractivity contribution in [2.24, 2.45) is 5.92 Å². The summed E-state index contributed by atoms with van der Waals surface area (Å²) >= 11 is 1.32. The molecule has 146 valence electrons. The number of rotatable bonds is 9. The zero-order valence-corrected chi connectivity index (χ0v) is 16.6. The van der Waals surface area contributed by atoms with Crippen LogP contribution in [0.25, 0.3) is 0 Å². The van der Waals surface area contributed by atoms with Crippen LogP contribution in [0.2, 0.25) is 0 Å². The fourth-order valence-corrected chi connectivity index (χ4v) is 3.11. The lowest BCUT2D eigenvalue weighted by Gasteiger charge is -2.23. The van der Waals surface area contributed by atoms with Gasteiger partial charge in [-0.25, -0.2) is 0 Å². The summed E-state index contributed by atoms with van der Waals surface area (Å²) in [7, 11) is 0. The Labute approximate surface area is 157 Å². The Morgan fingerprint density at radius 1 is 1.19 bits per heavy atom. The van der Waals surface area contributed by atoms with E-state index in [1.54, 1.807) is 27.0 Å². The van der Waals surface area contributed by atoms with Crippen molar-refractivity contribution in [2.45, 2.75) is 57.9 Å². The van der Waals surface area contributed by atoms with Crippen LogP contribution in [0.3, 0.4) is 0 Å². The predicted molar refractivity (Wildman–Crippen MR) is 98.3 cm³/mol. The molecule has 1 heterocycles. The van der Waals surface area contributed by atoms with E-state index in [0.717, 1.165) is 4.90 Å². The van der Waals surface area contributed by atoms with Crippen molar-refractivity contribution >= 4 is 41.2 Å². The normalized spacial score (nSPS) is 19.5. The first-order chi connectivity index (χ1) is 12.1. The van der Waals surface area contributed by atoms with Crippen molar-refractivity contribution in [3.8, 4) is 0 Å². The maximum absolute atomic E-state index is 12.3. The molecule has 8 nitrogen and oxygen atoms in total. The van der Waals surface area contributed by atoms with Gasteiger partial charge >= 0.3 is 0 Å². The van der Waals surface area contributed by atoms with Crippen molar-refractivity contribution in [1.82, 2.24) is 15.5 Å². The lowest BCUT2D eigenvalue weighted by atomic mass is 10.0. The lowest BCUT2D eigenvalue weighted by molar-refractivity contribution is -0.139. The van der Waals surface area contributed by atoms with E-state index in [9.17, 15) is 24.0 Å². The van der Waals surface area contributed by atoms with Crippen molar-refractivity contribution in [2.75, 3.05) is 12.8 Å². The van der Waals surface area contributed by atoms with Crippen LogP contribution in [-0.2, 0) is 24.0 Å². The molecule has 0 aliphatic carbocycles. The van der Waals surface area contributed by atoms with E-state index < -0.39 is 23.9 Å². The number of thioether (sulfide) groups is 1. The van der Waals surface area contributed by atoms with Crippen molar-refractivity contribution < 1.29 is 24.0 Å². The summed E-state index contributed by atoms with van der Waals surface area (Å²) < 4.78 is 0. The van der Waals surface area contributed by atoms with Gasteiger partial charge < -0.3 is 10.6 Å². The molecule has 2 unspecified atom stereocenters. The number of nitrogens with one attached hydrogen (secondary N) is 2. The molecule has 1 saturated heterocycles. The SMILES string of the molecule is CSC1CC(=O)N(CCC(=O)NC(C(=O)N[C@@H](C)C(C)=O)C(C)C)C1=O. The van der Waals surface area contributed by atoms with Crippen LogP contribution in [0.1, 0.15) is 40.5 Å². The minimum absolute atomic E-state index is 0.00313. The van der Waals surface area contributed by atoms with Gasteiger partial charge in [-0.3, -0.25) is 28.9 Å². The Bertz CT molecular complexity index is 593. The number of amides is 4. The summed E-state index contributed by atoms with van der Waals surface area (Å²) in [5.41, 5.74) is 0. The molecule has 1 fully saturated rings. The number of Topliss-reactive ketones (excluding diaryl/α,β-unsaturated/α-hetero) is 1. The van der Waals surface area contributed by atoms with Crippen molar-refractivity contribution in [3.63, 3.8) is 0 Å². The molecule has 4 amide bonds. The second kappa shape index (κ2) is 9.70. The predicted octanol–water partition coefficient (Wildman–Crippen LogP) is 0.102. The number of carbonyl (C=O) groups is 5. The molecule has 0 aromatic rings. The number of likely N-dealkylation sites (tertiary alicyclic amines) is 1. The Morgan fingerprint density at radius 3 is 2.27 bits per heavy atom. The number of hydrogen-bond acceptors (Lipinski definition) is 6. The molecule has 9 heteroatoms. The number of carbonyl (C=O) groups excluding carboxylic acids is 5. The van der Waals surface area contributed by atoms with Gasteiger partial charge in [-0.15, -0.1) is 0 Å². The monoisotopic (exact) mass is 385 g/mol. The molecule has 1 rings (SSSR count). The topological polar surface area (TPSA) is 113 Å². The van der Waals surface area contributed by atoms with Crippen LogP contribution in [-0.4, -0.2) is 64.4 Å². The molecular weight excluding hydrogens is 358 g/mol. The molecule has 0 aromatic carbocycles. The van der Waals surface area contributed by atoms with Crippen LogP contribution >= 0.6 is 11.8 Å². The Morgan fingerprint density at radius 2 is 1.81 bits per heavy atom. The second-order valence-electron chi connectivity index (χ2n) is 6.69. The fraction of sp³-hybridized carbons (Fsp3) is 0.706. The third-order valence-corrected chi connectivity index (χ3v) is 5.22. The van der Waals surface area contributed by atoms with Gasteiger partial charge in [0.25, 0.3) is 0 Å². The molecule has 2 N–H and O–H groups in total. The van der Waals surface area contributed by atoms with Crippen LogP contribution in [0, 0.1) is 5.92 Å². The van der Waals surface area contributed by atoms with Crippen molar-refractivity contribution in [3.05, 3.63) is 0 Å². The maximum Gasteiger partial charge on any atom is 0.243 e. The van der Waals surface area contributed by atoms with Gasteiger partial charge in [0, 0.05) is 19.4 Å². The number of nitrogens with zero attached hydrogens (tertiary/aromatic N) is 1. The third kappa shape index (κ3) is 5.82. The quantitative estimate of drug-likeness (QED) is 0.545. The average Bonchev–Trinajstić information content (AvgIpc) is 2.83. The Balaban J connectivity index is 2.60. The molecule has 0 radical (unpaired) electrons. The highest BCUT2D eigenvalue weighted by atomic mass is 32.2. The standard InChI is InChI=1S/C17H27N3O5S/c1-9(2)15(16(24)18-10(3)11(4)21)19-13(22)6-7-20-14(23)8-12(26-5)17(20)25/h9-10,12,15H,6-8H2,1-5H3,(H,18,24)(H,19,22)/t10-,12?,15?/m0/s1. The Kier molecular flexibility index (Phi) is 8.26. The van der Waals surface area contributed by atoms with E-state index in [1.807, 2.05) is 0 Å². The number of imide groups is 1. The van der Waals surface area contributed by atoms with E-state index in [-0.39, 0.29) is 48.2 Å². The molecule has 26 heavy (non-hydrogen) atoms. The highest BCUT2D eigenvalue weighted by Crippen LogP contribution is 2.23. The Hall–Kier alpha value is -1.90. The van der Waals surface area contributed by atoms with E-state index in [1.165, 1.54) is 18.7 Å². The minimum atomic E-state index is -0.798. The van der Waals surface area contributed by atoms with Crippen LogP contribution in [0.5, 0.6) is 0 Å². The molecule has 1 aliphatic rings. The number of hydrogen-bond donors (Lipinski definition) is 2. The summed E-state index contributed by atoms with van der Waals surface area (Å²) in [5.74, 6) is -1.79. The maximum atomic E-state index is 12.3. The van der Waals surface area contributed by atoms with Gasteiger partial charge in [0.05, 0.1) is 11.3 Å². The molecular formula is C17H27N3O5S. The van der Waals surface area contributed by atoms with Crippen LogP contribution in [0.4, 0.5) is 0 Å². The van der Waals surface area contributed by atoms with Gasteiger partial charge in [0.2, 0.25) is 23.6 Å². The van der Waals surface area contributed by atoms with E-state index in [0.29, 0.717) is 0 Å². The fourth-order valence-electron chi connectivity index (χ4n) is 2.47. The van der Waals surface area contributed by atoms with Gasteiger partial charge in [-0.05, 0) is 26.0 Å². The highest BCUT2D eigenvalue weighted by Gasteiger charge is 2.38. The van der Waals surface area contributed by atoms with Gasteiger partial charge in [-0.1, -0.05) is 13.8 Å². The smallest absolute Gasteiger partial charge is 0.243 e. The molecule has 0 spiro atoms. The molecule has 0 aromatic heterocycles. The van der Waals surface area contributed by atoms with Gasteiger partial charge in [0.1, 0.15) is 6.04 Å². The minimum Gasteiger partial charge on any atom is -0.345 e. The molecule has 1 aliphatic heterocycles. The summed E-state index contributed by atoms with van der Waals surface area (Å²) in [6.45, 7) is 6.50. The molecule has 3 atom stereocenters. The zero-order chi connectivity index (χ0) is 20.0. The summed E-state index contributed by atoms with van der Waals surface area (Å²) in [6, 6.07) is -1.43. The first-order valence-corrected chi connectivity index (χ1v) is 9.84. The highest BCUT2D eigenvalue weighted by molar-refractivity contribution is 8.00. The summed E-state index contributed by atoms with van der Waals surface area (Å²) in [6.07, 6.45) is 1.85. The summed E-state index contributed by atoms with van der Waals surface area (Å²) in [4.78, 5) is 60.7. The van der Waals surface area contributed by atoms with Gasteiger partial charge in [0.15, 0.2) is 5.78 Å². The van der Waals surface area contributed by atoms with E-state index in [2.05, 4.69) is 10.6 Å². The first kappa shape index (κ1) is 22.1. The average molecular weight is 385 g/mol. The molecule has 0 bridgehead atoms. The largest absolute Gasteiger partial charge is 0.345 e. The number of ketones is 1. The first-order valence-electron chi connectivity index (χ1n) is 8.55. The van der Waals surface area contributed by atoms with Crippen molar-refractivity contribution in [1.29, 1.82) is 0 Å². The van der Waals surface area contributed by atoms with Crippen LogP contribution < -0.4 is 10.6 Å². The third-order valence-electron chi connectivity index (χ3n) is 4.28. The summed E-state index contributed by atoms with van der Waals surface area (Å²) in [5, 5.41) is 4.81. The zero-order valence-electron chi connectivity index (χ0n) is 15.8. The van der Waals surface area contributed by atoms with E-state index in [4.69, 9.17) is 0 Å². The molecule has 0 saturated carbocycles. The van der Waals surface area contributed by atoms with E-state index >= 15 is 0 Å². The second-order valence-corrected chi connectivity index (χ2v) is 7.73. The van der Waals surface area contributed by atoms with Gasteiger partial charge in [-0.2, -0.15) is 11.8 Å². The van der Waals surface area contributed by atoms with Crippen LogP contribution in [0.15, 0.2) is 0 Å². The lowest BCUT2D eigenvalue weighted by Crippen LogP contribution is -2.53.